The Balaban J connectivity index is 1.61. The molecular weight excluding hydrogens is 420 g/mol. The molecule has 0 aliphatic carbocycles. The minimum Gasteiger partial charge on any atom is -0.480 e. The van der Waals surface area contributed by atoms with Gasteiger partial charge in [0.25, 0.3) is 5.91 Å². The normalized spacial score (nSPS) is 13.0. The summed E-state index contributed by atoms with van der Waals surface area (Å²) in [6, 6.07) is 9.23. The number of pyridine rings is 1. The number of nitrogens with one attached hydrogen (secondary N) is 2. The van der Waals surface area contributed by atoms with Crippen molar-refractivity contribution < 1.29 is 19.8 Å². The van der Waals surface area contributed by atoms with Crippen LogP contribution < -0.4 is 10.6 Å². The second kappa shape index (κ2) is 8.50. The number of carboxylic acid groups (broad SMARTS) is 1. The van der Waals surface area contributed by atoms with E-state index < -0.39 is 24.0 Å². The van der Waals surface area contributed by atoms with Crippen LogP contribution in [0.4, 0.5) is 10.8 Å². The van der Waals surface area contributed by atoms with Crippen molar-refractivity contribution in [2.75, 3.05) is 5.32 Å². The highest BCUT2D eigenvalue weighted by Crippen LogP contribution is 2.24. The van der Waals surface area contributed by atoms with Crippen molar-refractivity contribution in [2.45, 2.75) is 19.1 Å². The maximum Gasteiger partial charge on any atom is 0.328 e. The summed E-state index contributed by atoms with van der Waals surface area (Å²) in [6.45, 7) is 1.29. The Morgan fingerprint density at radius 1 is 1.16 bits per heavy atom. The Bertz CT molecular complexity index is 1220. The Morgan fingerprint density at radius 3 is 2.58 bits per heavy atom. The van der Waals surface area contributed by atoms with E-state index in [1.807, 2.05) is 29.6 Å². The first-order chi connectivity index (χ1) is 14.9. The van der Waals surface area contributed by atoms with Gasteiger partial charge in [-0.1, -0.05) is 0 Å². The first-order valence-electron chi connectivity index (χ1n) is 9.26. The number of aliphatic hydroxyl groups excluding tert-OH is 1. The molecule has 0 unspecified atom stereocenters. The Labute approximate surface area is 180 Å². The van der Waals surface area contributed by atoms with Gasteiger partial charge in [-0.2, -0.15) is 0 Å². The number of aromatic nitrogens is 4. The molecule has 3 heterocycles. The molecule has 4 aromatic rings. The molecule has 3 aromatic heterocycles. The van der Waals surface area contributed by atoms with E-state index in [2.05, 4.69) is 25.8 Å². The van der Waals surface area contributed by atoms with E-state index in [9.17, 15) is 19.8 Å². The molecule has 4 rings (SSSR count). The third-order valence-corrected chi connectivity index (χ3v) is 5.23. The minimum atomic E-state index is -1.44. The number of amides is 1. The smallest absolute Gasteiger partial charge is 0.328 e. The predicted octanol–water partition coefficient (Wildman–Crippen LogP) is 2.16. The van der Waals surface area contributed by atoms with Gasteiger partial charge < -0.3 is 20.8 Å². The minimum absolute atomic E-state index is 0.148. The van der Waals surface area contributed by atoms with Crippen molar-refractivity contribution in [1.82, 2.24) is 24.9 Å². The number of benzene rings is 1. The number of hydrogen-bond donors (Lipinski definition) is 4. The molecule has 2 atom stereocenters. The summed E-state index contributed by atoms with van der Waals surface area (Å²) < 4.78 is 1.65. The Kier molecular flexibility index (Phi) is 5.60. The predicted molar refractivity (Wildman–Crippen MR) is 114 cm³/mol. The molecular formula is C20H18N6O4S. The van der Waals surface area contributed by atoms with Crippen LogP contribution in [0.25, 0.3) is 17.0 Å². The van der Waals surface area contributed by atoms with E-state index >= 15 is 0 Å². The van der Waals surface area contributed by atoms with E-state index in [0.29, 0.717) is 5.82 Å². The Hall–Kier alpha value is -3.83. The fraction of sp³-hybridized carbons (Fsp3) is 0.150. The maximum atomic E-state index is 12.6. The molecule has 1 aromatic carbocycles. The van der Waals surface area contributed by atoms with Gasteiger partial charge >= 0.3 is 5.97 Å². The van der Waals surface area contributed by atoms with E-state index in [4.69, 9.17) is 0 Å². The van der Waals surface area contributed by atoms with Gasteiger partial charge in [0.05, 0.1) is 11.7 Å². The van der Waals surface area contributed by atoms with Crippen LogP contribution in [0.15, 0.2) is 54.2 Å². The number of anilines is 2. The van der Waals surface area contributed by atoms with Crippen LogP contribution in [0.5, 0.6) is 0 Å². The van der Waals surface area contributed by atoms with Crippen LogP contribution in [0.1, 0.15) is 17.3 Å². The second-order valence-electron chi connectivity index (χ2n) is 6.71. The average Bonchev–Trinajstić information content (AvgIpc) is 3.41. The van der Waals surface area contributed by atoms with Crippen LogP contribution in [-0.4, -0.2) is 53.8 Å². The molecule has 1 amide bonds. The summed E-state index contributed by atoms with van der Waals surface area (Å²) in [5.74, 6) is -1.47. The number of nitrogens with zero attached hydrogens (tertiary/aromatic N) is 4. The van der Waals surface area contributed by atoms with Gasteiger partial charge in [-0.15, -0.1) is 21.5 Å². The number of aliphatic carboxylic acids is 1. The topological polar surface area (TPSA) is 142 Å². The molecule has 0 aliphatic heterocycles. The number of thiazole rings is 1. The van der Waals surface area contributed by atoms with Gasteiger partial charge in [0, 0.05) is 29.0 Å². The highest BCUT2D eigenvalue weighted by molar-refractivity contribution is 7.13. The number of rotatable bonds is 7. The van der Waals surface area contributed by atoms with Crippen molar-refractivity contribution in [3.05, 3.63) is 59.7 Å². The van der Waals surface area contributed by atoms with Gasteiger partial charge in [-0.25, -0.2) is 9.78 Å². The van der Waals surface area contributed by atoms with Crippen molar-refractivity contribution >= 4 is 39.7 Å². The van der Waals surface area contributed by atoms with Crippen LogP contribution in [-0.2, 0) is 4.79 Å². The van der Waals surface area contributed by atoms with E-state index in [-0.39, 0.29) is 11.2 Å². The van der Waals surface area contributed by atoms with E-state index in [0.717, 1.165) is 16.4 Å². The number of fused-ring (bicyclic) bond motifs is 1. The zero-order valence-corrected chi connectivity index (χ0v) is 17.1. The third-order valence-electron chi connectivity index (χ3n) is 4.54. The van der Waals surface area contributed by atoms with Crippen LogP contribution >= 0.6 is 11.3 Å². The molecule has 31 heavy (non-hydrogen) atoms. The molecule has 10 nitrogen and oxygen atoms in total. The number of carbonyl (C=O) groups excluding carboxylic acids is 1. The van der Waals surface area contributed by atoms with Crippen LogP contribution in [0.2, 0.25) is 0 Å². The lowest BCUT2D eigenvalue weighted by Gasteiger charge is -2.17. The molecule has 0 fully saturated rings. The molecule has 0 radical (unpaired) electrons. The molecule has 0 spiro atoms. The quantitative estimate of drug-likeness (QED) is 0.344. The highest BCUT2D eigenvalue weighted by Gasteiger charge is 2.27. The van der Waals surface area contributed by atoms with Gasteiger partial charge in [0.1, 0.15) is 0 Å². The van der Waals surface area contributed by atoms with E-state index in [1.54, 1.807) is 22.9 Å². The first-order valence-corrected chi connectivity index (χ1v) is 10.1. The fourth-order valence-corrected chi connectivity index (χ4v) is 3.56. The zero-order valence-electron chi connectivity index (χ0n) is 16.3. The van der Waals surface area contributed by atoms with Gasteiger partial charge in [-0.05, 0) is 43.3 Å². The van der Waals surface area contributed by atoms with Gasteiger partial charge in [-0.3, -0.25) is 9.20 Å². The largest absolute Gasteiger partial charge is 0.480 e. The van der Waals surface area contributed by atoms with Gasteiger partial charge in [0.15, 0.2) is 22.6 Å². The number of carboxylic acids is 1. The molecule has 0 aliphatic rings. The second-order valence-corrected chi connectivity index (χ2v) is 7.60. The molecule has 158 valence electrons. The summed E-state index contributed by atoms with van der Waals surface area (Å²) in [5, 5.41) is 35.3. The molecule has 0 saturated carbocycles. The average molecular weight is 438 g/mol. The van der Waals surface area contributed by atoms with Crippen molar-refractivity contribution in [3.63, 3.8) is 0 Å². The molecule has 0 bridgehead atoms. The Morgan fingerprint density at radius 2 is 1.94 bits per heavy atom. The lowest BCUT2D eigenvalue weighted by molar-refractivity contribution is -0.141. The fourth-order valence-electron chi connectivity index (χ4n) is 3.01. The number of hydrogen-bond acceptors (Lipinski definition) is 8. The summed E-state index contributed by atoms with van der Waals surface area (Å²) >= 11 is 1.49. The monoisotopic (exact) mass is 438 g/mol. The molecule has 0 saturated heterocycles. The van der Waals surface area contributed by atoms with Crippen molar-refractivity contribution in [1.29, 1.82) is 0 Å². The van der Waals surface area contributed by atoms with Crippen LogP contribution in [0, 0.1) is 0 Å². The van der Waals surface area contributed by atoms with E-state index in [1.165, 1.54) is 24.3 Å². The first kappa shape index (κ1) is 20.4. The highest BCUT2D eigenvalue weighted by atomic mass is 32.1. The SMILES string of the molecule is C[C@H](O)[C@H](NC(=O)c1cccn2c(-c3ccc(Nc4nccs4)cc3)nnc12)C(=O)O. The standard InChI is InChI=1S/C20H18N6O4S/c1-11(27)15(19(29)30)23-18(28)14-3-2-9-26-16(24-25-17(14)26)12-4-6-13(7-5-12)22-20-21-8-10-31-20/h2-11,15,27H,1H3,(H,21,22)(H,23,28)(H,29,30)/t11-,15-/m0/s1. The maximum absolute atomic E-state index is 12.6. The van der Waals surface area contributed by atoms with Crippen molar-refractivity contribution in [3.8, 4) is 11.4 Å². The number of aliphatic hydroxyl groups is 1. The summed E-state index contributed by atoms with van der Waals surface area (Å²) in [6.07, 6.45) is 2.18. The summed E-state index contributed by atoms with van der Waals surface area (Å²) in [7, 11) is 0. The van der Waals surface area contributed by atoms with Crippen molar-refractivity contribution in [2.24, 2.45) is 0 Å². The molecule has 11 heteroatoms. The van der Waals surface area contributed by atoms with Crippen LogP contribution in [0.3, 0.4) is 0 Å². The zero-order chi connectivity index (χ0) is 22.0. The summed E-state index contributed by atoms with van der Waals surface area (Å²) in [4.78, 5) is 28.1. The third kappa shape index (κ3) is 4.22. The lowest BCUT2D eigenvalue weighted by Crippen LogP contribution is -2.47. The summed E-state index contributed by atoms with van der Waals surface area (Å²) in [5.41, 5.74) is 2.07. The molecule has 4 N–H and O–H groups in total. The van der Waals surface area contributed by atoms with Gasteiger partial charge in [0.2, 0.25) is 0 Å². The number of carbonyl (C=O) groups is 2. The lowest BCUT2D eigenvalue weighted by atomic mass is 10.1.